The first-order valence-electron chi connectivity index (χ1n) is 5.11. The summed E-state index contributed by atoms with van der Waals surface area (Å²) in [5.41, 5.74) is 4.08. The van der Waals surface area contributed by atoms with Gasteiger partial charge in [-0.1, -0.05) is 0 Å². The molecule has 1 heterocycles. The van der Waals surface area contributed by atoms with Gasteiger partial charge in [-0.25, -0.2) is 0 Å². The number of rotatable bonds is 5. The summed E-state index contributed by atoms with van der Waals surface area (Å²) in [6.07, 6.45) is 6.42. The number of hydrazine groups is 1. The molecule has 0 saturated heterocycles. The maximum absolute atomic E-state index is 5.45. The lowest BCUT2D eigenvalue weighted by molar-refractivity contribution is 0.504. The van der Waals surface area contributed by atoms with Crippen molar-refractivity contribution in [2.45, 2.75) is 32.2 Å². The van der Waals surface area contributed by atoms with Gasteiger partial charge in [0.2, 0.25) is 0 Å². The Hall–Kier alpha value is -1.37. The lowest BCUT2D eigenvalue weighted by atomic mass is 10.0. The van der Waals surface area contributed by atoms with Gasteiger partial charge in [0.25, 0.3) is 0 Å². The Morgan fingerprint density at radius 3 is 2.80 bits per heavy atom. The van der Waals surface area contributed by atoms with Crippen molar-refractivity contribution in [2.24, 2.45) is 5.84 Å². The Kier molecular flexibility index (Phi) is 5.46. The quantitative estimate of drug-likeness (QED) is 0.430. The number of hydrogen-bond acceptors (Lipinski definition) is 3. The highest BCUT2D eigenvalue weighted by Gasteiger charge is 2.04. The van der Waals surface area contributed by atoms with Gasteiger partial charge in [-0.3, -0.25) is 16.3 Å². The number of aryl methyl sites for hydroxylation is 1. The fourth-order valence-electron chi connectivity index (χ4n) is 1.36. The standard InChI is InChI=1S/C12H17N3/c1-2-3-4-12(15-13)6-5-11-7-9-14-10-8-11/h7-10,12,15H,4-6,13H2,1H3. The van der Waals surface area contributed by atoms with Crippen LogP contribution in [-0.2, 0) is 6.42 Å². The zero-order valence-electron chi connectivity index (χ0n) is 9.03. The monoisotopic (exact) mass is 203 g/mol. The molecule has 15 heavy (non-hydrogen) atoms. The highest BCUT2D eigenvalue weighted by atomic mass is 15.2. The van der Waals surface area contributed by atoms with Crippen LogP contribution in [0.4, 0.5) is 0 Å². The Labute approximate surface area is 91.1 Å². The molecule has 0 aliphatic rings. The predicted octanol–water partition coefficient (Wildman–Crippen LogP) is 1.26. The Morgan fingerprint density at radius 2 is 2.20 bits per heavy atom. The predicted molar refractivity (Wildman–Crippen MR) is 61.7 cm³/mol. The van der Waals surface area contributed by atoms with E-state index in [0.29, 0.717) is 0 Å². The summed E-state index contributed by atoms with van der Waals surface area (Å²) >= 11 is 0. The van der Waals surface area contributed by atoms with Gasteiger partial charge in [0.15, 0.2) is 0 Å². The summed E-state index contributed by atoms with van der Waals surface area (Å²) < 4.78 is 0. The Morgan fingerprint density at radius 1 is 1.47 bits per heavy atom. The first-order valence-corrected chi connectivity index (χ1v) is 5.11. The minimum absolute atomic E-state index is 0.269. The molecule has 0 radical (unpaired) electrons. The fourth-order valence-corrected chi connectivity index (χ4v) is 1.36. The van der Waals surface area contributed by atoms with Gasteiger partial charge in [-0.2, -0.15) is 0 Å². The maximum Gasteiger partial charge on any atom is 0.0323 e. The second-order valence-corrected chi connectivity index (χ2v) is 3.39. The van der Waals surface area contributed by atoms with Gasteiger partial charge in [-0.05, 0) is 37.5 Å². The van der Waals surface area contributed by atoms with Crippen molar-refractivity contribution in [3.63, 3.8) is 0 Å². The number of nitrogens with one attached hydrogen (secondary N) is 1. The summed E-state index contributed by atoms with van der Waals surface area (Å²) in [4.78, 5) is 3.98. The molecule has 1 atom stereocenters. The third-order valence-corrected chi connectivity index (χ3v) is 2.29. The topological polar surface area (TPSA) is 50.9 Å². The normalized spacial score (nSPS) is 11.6. The minimum Gasteiger partial charge on any atom is -0.271 e. The molecular weight excluding hydrogens is 186 g/mol. The minimum atomic E-state index is 0.269. The van der Waals surface area contributed by atoms with E-state index >= 15 is 0 Å². The number of hydrogen-bond donors (Lipinski definition) is 2. The summed E-state index contributed by atoms with van der Waals surface area (Å²) in [6, 6.07) is 4.32. The van der Waals surface area contributed by atoms with Gasteiger partial charge in [0, 0.05) is 24.9 Å². The van der Waals surface area contributed by atoms with Crippen molar-refractivity contribution in [2.75, 3.05) is 0 Å². The second-order valence-electron chi connectivity index (χ2n) is 3.39. The second kappa shape index (κ2) is 6.99. The first kappa shape index (κ1) is 11.7. The van der Waals surface area contributed by atoms with Crippen LogP contribution in [0.2, 0.25) is 0 Å². The van der Waals surface area contributed by atoms with E-state index in [1.165, 1.54) is 5.56 Å². The van der Waals surface area contributed by atoms with Crippen LogP contribution in [0.25, 0.3) is 0 Å². The van der Waals surface area contributed by atoms with Crippen LogP contribution in [0.1, 0.15) is 25.3 Å². The molecule has 3 nitrogen and oxygen atoms in total. The number of pyridine rings is 1. The van der Waals surface area contributed by atoms with Crippen molar-refractivity contribution >= 4 is 0 Å². The van der Waals surface area contributed by atoms with Crippen LogP contribution in [0, 0.1) is 11.8 Å². The lowest BCUT2D eigenvalue weighted by Gasteiger charge is -2.12. The summed E-state index contributed by atoms with van der Waals surface area (Å²) in [5.74, 6) is 11.4. The van der Waals surface area contributed by atoms with Crippen molar-refractivity contribution in [1.29, 1.82) is 0 Å². The molecule has 0 fully saturated rings. The van der Waals surface area contributed by atoms with E-state index in [1.807, 2.05) is 31.5 Å². The summed E-state index contributed by atoms with van der Waals surface area (Å²) in [7, 11) is 0. The first-order chi connectivity index (χ1) is 7.36. The van der Waals surface area contributed by atoms with Crippen LogP contribution >= 0.6 is 0 Å². The van der Waals surface area contributed by atoms with E-state index in [9.17, 15) is 0 Å². The Balaban J connectivity index is 2.36. The molecule has 0 aliphatic heterocycles. The Bertz CT molecular complexity index is 324. The molecule has 3 heteroatoms. The smallest absolute Gasteiger partial charge is 0.0323 e. The lowest BCUT2D eigenvalue weighted by Crippen LogP contribution is -2.35. The van der Waals surface area contributed by atoms with Crippen molar-refractivity contribution in [3.05, 3.63) is 30.1 Å². The molecule has 1 aromatic rings. The highest BCUT2D eigenvalue weighted by molar-refractivity contribution is 5.10. The van der Waals surface area contributed by atoms with E-state index in [4.69, 9.17) is 5.84 Å². The molecule has 80 valence electrons. The molecular formula is C12H17N3. The van der Waals surface area contributed by atoms with Gasteiger partial charge in [0.05, 0.1) is 0 Å². The average molecular weight is 203 g/mol. The van der Waals surface area contributed by atoms with E-state index in [-0.39, 0.29) is 6.04 Å². The third-order valence-electron chi connectivity index (χ3n) is 2.29. The van der Waals surface area contributed by atoms with E-state index in [2.05, 4.69) is 22.3 Å². The maximum atomic E-state index is 5.45. The molecule has 0 aliphatic carbocycles. The average Bonchev–Trinajstić information content (AvgIpc) is 2.31. The molecule has 0 aromatic carbocycles. The van der Waals surface area contributed by atoms with Crippen LogP contribution < -0.4 is 11.3 Å². The van der Waals surface area contributed by atoms with Crippen LogP contribution in [0.15, 0.2) is 24.5 Å². The van der Waals surface area contributed by atoms with E-state index in [1.54, 1.807) is 0 Å². The number of nitrogens with two attached hydrogens (primary N) is 1. The summed E-state index contributed by atoms with van der Waals surface area (Å²) in [5, 5.41) is 0. The molecule has 1 aromatic heterocycles. The zero-order chi connectivity index (χ0) is 10.9. The number of aromatic nitrogens is 1. The molecule has 0 bridgehead atoms. The molecule has 1 rings (SSSR count). The van der Waals surface area contributed by atoms with Crippen LogP contribution in [0.3, 0.4) is 0 Å². The van der Waals surface area contributed by atoms with E-state index in [0.717, 1.165) is 19.3 Å². The fraction of sp³-hybridized carbons (Fsp3) is 0.417. The summed E-state index contributed by atoms with van der Waals surface area (Å²) in [6.45, 7) is 1.84. The third kappa shape index (κ3) is 4.59. The van der Waals surface area contributed by atoms with Gasteiger partial charge in [-0.15, -0.1) is 11.8 Å². The molecule has 0 spiro atoms. The van der Waals surface area contributed by atoms with Gasteiger partial charge < -0.3 is 0 Å². The van der Waals surface area contributed by atoms with Crippen molar-refractivity contribution < 1.29 is 0 Å². The van der Waals surface area contributed by atoms with Crippen molar-refractivity contribution in [1.82, 2.24) is 10.4 Å². The molecule has 0 amide bonds. The van der Waals surface area contributed by atoms with E-state index < -0.39 is 0 Å². The molecule has 3 N–H and O–H groups in total. The SMILES string of the molecule is CC#CCC(CCc1ccncc1)NN. The largest absolute Gasteiger partial charge is 0.271 e. The highest BCUT2D eigenvalue weighted by Crippen LogP contribution is 2.05. The van der Waals surface area contributed by atoms with Crippen LogP contribution in [-0.4, -0.2) is 11.0 Å². The zero-order valence-corrected chi connectivity index (χ0v) is 9.03. The molecule has 1 unspecified atom stereocenters. The van der Waals surface area contributed by atoms with Gasteiger partial charge in [0.1, 0.15) is 0 Å². The number of nitrogens with zero attached hydrogens (tertiary/aromatic N) is 1. The van der Waals surface area contributed by atoms with Crippen molar-refractivity contribution in [3.8, 4) is 11.8 Å². The van der Waals surface area contributed by atoms with Crippen LogP contribution in [0.5, 0.6) is 0 Å². The van der Waals surface area contributed by atoms with Gasteiger partial charge >= 0.3 is 0 Å². The molecule has 0 saturated carbocycles.